The Kier molecular flexibility index (Phi) is 3.35. The molecule has 0 amide bonds. The number of aromatic amines is 1. The first-order valence-electron chi connectivity index (χ1n) is 7.73. The van der Waals surface area contributed by atoms with Gasteiger partial charge in [-0.3, -0.25) is 0 Å². The van der Waals surface area contributed by atoms with Gasteiger partial charge >= 0.3 is 0 Å². The summed E-state index contributed by atoms with van der Waals surface area (Å²) in [6, 6.07) is 13.6. The molecule has 0 bridgehead atoms. The SMILES string of the molecule is Cc1cc(C)cc(C2NCCc3c2[nH]c2ccc(Br)cc32)c1. The lowest BCUT2D eigenvalue weighted by Crippen LogP contribution is -2.30. The molecule has 0 aliphatic carbocycles. The van der Waals surface area contributed by atoms with Crippen molar-refractivity contribution in [2.75, 3.05) is 6.54 Å². The first kappa shape index (κ1) is 14.0. The van der Waals surface area contributed by atoms with Crippen LogP contribution in [0.2, 0.25) is 0 Å². The number of hydrogen-bond donors (Lipinski definition) is 2. The molecule has 4 rings (SSSR count). The number of H-pyrrole nitrogens is 1. The highest BCUT2D eigenvalue weighted by atomic mass is 79.9. The summed E-state index contributed by atoms with van der Waals surface area (Å²) in [4.78, 5) is 3.65. The number of fused-ring (bicyclic) bond motifs is 3. The summed E-state index contributed by atoms with van der Waals surface area (Å²) in [6.07, 6.45) is 1.08. The lowest BCUT2D eigenvalue weighted by molar-refractivity contribution is 0.560. The van der Waals surface area contributed by atoms with E-state index in [4.69, 9.17) is 0 Å². The van der Waals surface area contributed by atoms with Gasteiger partial charge in [-0.05, 0) is 49.6 Å². The summed E-state index contributed by atoms with van der Waals surface area (Å²) >= 11 is 3.59. The van der Waals surface area contributed by atoms with Crippen LogP contribution < -0.4 is 5.32 Å². The molecule has 2 nitrogen and oxygen atoms in total. The number of aryl methyl sites for hydroxylation is 2. The van der Waals surface area contributed by atoms with Gasteiger partial charge in [-0.2, -0.15) is 0 Å². The van der Waals surface area contributed by atoms with Gasteiger partial charge in [0, 0.05) is 27.6 Å². The molecule has 2 aromatic carbocycles. The van der Waals surface area contributed by atoms with E-state index in [0.29, 0.717) is 0 Å². The smallest absolute Gasteiger partial charge is 0.0732 e. The van der Waals surface area contributed by atoms with E-state index in [1.807, 2.05) is 0 Å². The third-order valence-corrected chi connectivity index (χ3v) is 4.98. The maximum absolute atomic E-state index is 3.68. The maximum Gasteiger partial charge on any atom is 0.0732 e. The molecule has 1 aliphatic rings. The van der Waals surface area contributed by atoms with Gasteiger partial charge in [-0.15, -0.1) is 0 Å². The Bertz CT molecular complexity index is 843. The predicted octanol–water partition coefficient (Wildman–Crippen LogP) is 4.78. The van der Waals surface area contributed by atoms with Crippen molar-refractivity contribution < 1.29 is 0 Å². The van der Waals surface area contributed by atoms with Gasteiger partial charge in [0.2, 0.25) is 0 Å². The van der Waals surface area contributed by atoms with Crippen LogP contribution in [-0.2, 0) is 6.42 Å². The molecule has 112 valence electrons. The zero-order valence-electron chi connectivity index (χ0n) is 12.8. The molecule has 22 heavy (non-hydrogen) atoms. The monoisotopic (exact) mass is 354 g/mol. The van der Waals surface area contributed by atoms with Crippen molar-refractivity contribution in [2.24, 2.45) is 0 Å². The van der Waals surface area contributed by atoms with E-state index in [-0.39, 0.29) is 6.04 Å². The number of halogens is 1. The molecule has 1 unspecified atom stereocenters. The predicted molar refractivity (Wildman–Crippen MR) is 95.5 cm³/mol. The normalized spacial score (nSPS) is 17.7. The van der Waals surface area contributed by atoms with Crippen LogP contribution >= 0.6 is 15.9 Å². The molecular weight excluding hydrogens is 336 g/mol. The first-order valence-corrected chi connectivity index (χ1v) is 8.53. The Labute approximate surface area is 139 Å². The summed E-state index contributed by atoms with van der Waals surface area (Å²) < 4.78 is 1.14. The molecule has 1 aliphatic heterocycles. The van der Waals surface area contributed by atoms with Crippen LogP contribution in [0.3, 0.4) is 0 Å². The zero-order chi connectivity index (χ0) is 15.3. The molecule has 2 heterocycles. The fraction of sp³-hybridized carbons (Fsp3) is 0.263. The Morgan fingerprint density at radius 3 is 2.59 bits per heavy atom. The van der Waals surface area contributed by atoms with Crippen molar-refractivity contribution in [3.8, 4) is 0 Å². The summed E-state index contributed by atoms with van der Waals surface area (Å²) in [7, 11) is 0. The standard InChI is InChI=1S/C19H19BrN2/c1-11-7-12(2)9-13(8-11)18-19-15(5-6-21-18)16-10-14(20)3-4-17(16)22-19/h3-4,7-10,18,21-22H,5-6H2,1-2H3. The summed E-state index contributed by atoms with van der Waals surface area (Å²) in [6.45, 7) is 5.36. The van der Waals surface area contributed by atoms with E-state index in [2.05, 4.69) is 76.5 Å². The van der Waals surface area contributed by atoms with Gasteiger partial charge in [-0.1, -0.05) is 45.3 Å². The fourth-order valence-corrected chi connectivity index (χ4v) is 4.02. The molecule has 0 saturated carbocycles. The number of rotatable bonds is 1. The summed E-state index contributed by atoms with van der Waals surface area (Å²) in [5, 5.41) is 5.03. The topological polar surface area (TPSA) is 27.8 Å². The van der Waals surface area contributed by atoms with Gasteiger partial charge in [0.1, 0.15) is 0 Å². The highest BCUT2D eigenvalue weighted by molar-refractivity contribution is 9.10. The quantitative estimate of drug-likeness (QED) is 0.646. The lowest BCUT2D eigenvalue weighted by atomic mass is 9.92. The molecule has 1 atom stereocenters. The number of benzene rings is 2. The van der Waals surface area contributed by atoms with E-state index in [0.717, 1.165) is 17.4 Å². The van der Waals surface area contributed by atoms with E-state index in [1.165, 1.54) is 38.9 Å². The largest absolute Gasteiger partial charge is 0.357 e. The van der Waals surface area contributed by atoms with Crippen molar-refractivity contribution in [3.63, 3.8) is 0 Å². The van der Waals surface area contributed by atoms with E-state index in [9.17, 15) is 0 Å². The summed E-state index contributed by atoms with van der Waals surface area (Å²) in [5.74, 6) is 0. The minimum absolute atomic E-state index is 0.258. The average molecular weight is 355 g/mol. The van der Waals surface area contributed by atoms with Crippen LogP contribution in [0.1, 0.15) is 34.0 Å². The molecule has 0 fully saturated rings. The van der Waals surface area contributed by atoms with Crippen molar-refractivity contribution in [1.82, 2.24) is 10.3 Å². The molecular formula is C19H19BrN2. The number of nitrogens with one attached hydrogen (secondary N) is 2. The molecule has 2 N–H and O–H groups in total. The van der Waals surface area contributed by atoms with Gasteiger partial charge in [0.05, 0.1) is 6.04 Å². The minimum Gasteiger partial charge on any atom is -0.357 e. The molecule has 3 heteroatoms. The zero-order valence-corrected chi connectivity index (χ0v) is 14.4. The number of hydrogen-bond acceptors (Lipinski definition) is 1. The molecule has 0 spiro atoms. The van der Waals surface area contributed by atoms with Gasteiger partial charge < -0.3 is 10.3 Å². The molecule has 0 saturated heterocycles. The van der Waals surface area contributed by atoms with Crippen molar-refractivity contribution in [2.45, 2.75) is 26.3 Å². The third-order valence-electron chi connectivity index (χ3n) is 4.49. The van der Waals surface area contributed by atoms with Crippen LogP contribution in [-0.4, -0.2) is 11.5 Å². The average Bonchev–Trinajstić information content (AvgIpc) is 2.84. The van der Waals surface area contributed by atoms with Crippen LogP contribution in [0.5, 0.6) is 0 Å². The van der Waals surface area contributed by atoms with Crippen LogP contribution in [0, 0.1) is 13.8 Å². The van der Waals surface area contributed by atoms with Gasteiger partial charge in [0.25, 0.3) is 0 Å². The molecule has 0 radical (unpaired) electrons. The Balaban J connectivity index is 1.90. The van der Waals surface area contributed by atoms with Crippen LogP contribution in [0.15, 0.2) is 40.9 Å². The van der Waals surface area contributed by atoms with Crippen molar-refractivity contribution >= 4 is 26.8 Å². The van der Waals surface area contributed by atoms with Crippen LogP contribution in [0.25, 0.3) is 10.9 Å². The first-order chi connectivity index (χ1) is 10.6. The Morgan fingerprint density at radius 1 is 1.05 bits per heavy atom. The summed E-state index contributed by atoms with van der Waals surface area (Å²) in [5.41, 5.74) is 8.00. The second kappa shape index (κ2) is 5.25. The fourth-order valence-electron chi connectivity index (χ4n) is 3.66. The van der Waals surface area contributed by atoms with E-state index >= 15 is 0 Å². The van der Waals surface area contributed by atoms with Crippen molar-refractivity contribution in [3.05, 3.63) is 68.8 Å². The second-order valence-corrected chi connectivity index (χ2v) is 7.18. The van der Waals surface area contributed by atoms with Gasteiger partial charge in [-0.25, -0.2) is 0 Å². The third kappa shape index (κ3) is 2.29. The Hall–Kier alpha value is -1.58. The number of aromatic nitrogens is 1. The molecule has 1 aromatic heterocycles. The highest BCUT2D eigenvalue weighted by Crippen LogP contribution is 2.35. The maximum atomic E-state index is 3.68. The van der Waals surface area contributed by atoms with E-state index < -0.39 is 0 Å². The second-order valence-electron chi connectivity index (χ2n) is 6.27. The lowest BCUT2D eigenvalue weighted by Gasteiger charge is -2.25. The van der Waals surface area contributed by atoms with Crippen molar-refractivity contribution in [1.29, 1.82) is 0 Å². The Morgan fingerprint density at radius 2 is 1.82 bits per heavy atom. The van der Waals surface area contributed by atoms with Gasteiger partial charge in [0.15, 0.2) is 0 Å². The minimum atomic E-state index is 0.258. The highest BCUT2D eigenvalue weighted by Gasteiger charge is 2.25. The molecule has 3 aromatic rings. The van der Waals surface area contributed by atoms with Crippen LogP contribution in [0.4, 0.5) is 0 Å². The van der Waals surface area contributed by atoms with E-state index in [1.54, 1.807) is 0 Å².